The first-order valence-electron chi connectivity index (χ1n) is 6.42. The van der Waals surface area contributed by atoms with Gasteiger partial charge in [-0.15, -0.1) is 0 Å². The summed E-state index contributed by atoms with van der Waals surface area (Å²) in [6, 6.07) is 2.86. The van der Waals surface area contributed by atoms with Crippen LogP contribution in [0.2, 0.25) is 0 Å². The summed E-state index contributed by atoms with van der Waals surface area (Å²) in [5.74, 6) is -1.02. The first-order valence-corrected chi connectivity index (χ1v) is 6.42. The van der Waals surface area contributed by atoms with Gasteiger partial charge in [0.05, 0.1) is 0 Å². The van der Waals surface area contributed by atoms with Crippen molar-refractivity contribution in [3.05, 3.63) is 29.3 Å². The largest absolute Gasteiger partial charge is 0.367 e. The lowest BCUT2D eigenvalue weighted by molar-refractivity contribution is 0.545. The van der Waals surface area contributed by atoms with Crippen LogP contribution in [0.5, 0.6) is 0 Å². The standard InChI is InChI=1S/C14H22F2N2/c1-4-5-10(2)18(3)14-12(15)8-11(6-7-17)9-13(14)16/h8-10H,4-7,17H2,1-3H3. The van der Waals surface area contributed by atoms with Crippen molar-refractivity contribution in [3.8, 4) is 0 Å². The highest BCUT2D eigenvalue weighted by molar-refractivity contribution is 5.50. The molecule has 1 unspecified atom stereocenters. The molecule has 0 radical (unpaired) electrons. The summed E-state index contributed by atoms with van der Waals surface area (Å²) < 4.78 is 27.9. The van der Waals surface area contributed by atoms with Crippen molar-refractivity contribution in [2.75, 3.05) is 18.5 Å². The molecule has 1 aromatic rings. The van der Waals surface area contributed by atoms with E-state index in [1.807, 2.05) is 6.92 Å². The van der Waals surface area contributed by atoms with E-state index in [2.05, 4.69) is 6.92 Å². The van der Waals surface area contributed by atoms with Gasteiger partial charge in [0.25, 0.3) is 0 Å². The number of hydrogen-bond donors (Lipinski definition) is 1. The lowest BCUT2D eigenvalue weighted by atomic mass is 10.1. The van der Waals surface area contributed by atoms with Gasteiger partial charge in [-0.3, -0.25) is 0 Å². The van der Waals surface area contributed by atoms with Crippen LogP contribution < -0.4 is 10.6 Å². The van der Waals surface area contributed by atoms with Crippen LogP contribution in [-0.4, -0.2) is 19.6 Å². The summed E-state index contributed by atoms with van der Waals surface area (Å²) in [5.41, 5.74) is 6.05. The van der Waals surface area contributed by atoms with E-state index in [1.54, 1.807) is 11.9 Å². The lowest BCUT2D eigenvalue weighted by Crippen LogP contribution is -2.30. The third kappa shape index (κ3) is 3.42. The third-order valence-corrected chi connectivity index (χ3v) is 3.23. The average molecular weight is 256 g/mol. The van der Waals surface area contributed by atoms with E-state index in [4.69, 9.17) is 5.73 Å². The lowest BCUT2D eigenvalue weighted by Gasteiger charge is -2.27. The minimum absolute atomic E-state index is 0.0525. The highest BCUT2D eigenvalue weighted by atomic mass is 19.1. The van der Waals surface area contributed by atoms with Gasteiger partial charge in [0, 0.05) is 13.1 Å². The van der Waals surface area contributed by atoms with Crippen molar-refractivity contribution < 1.29 is 8.78 Å². The van der Waals surface area contributed by atoms with Crippen molar-refractivity contribution in [3.63, 3.8) is 0 Å². The van der Waals surface area contributed by atoms with Gasteiger partial charge in [-0.1, -0.05) is 13.3 Å². The molecule has 0 heterocycles. The monoisotopic (exact) mass is 256 g/mol. The maximum atomic E-state index is 14.0. The van der Waals surface area contributed by atoms with E-state index in [0.717, 1.165) is 12.8 Å². The van der Waals surface area contributed by atoms with Crippen LogP contribution in [0.25, 0.3) is 0 Å². The molecular weight excluding hydrogens is 234 g/mol. The summed E-state index contributed by atoms with van der Waals surface area (Å²) in [6.45, 7) is 4.41. The Hall–Kier alpha value is -1.16. The zero-order valence-electron chi connectivity index (χ0n) is 11.3. The summed E-state index contributed by atoms with van der Waals surface area (Å²) >= 11 is 0. The molecular formula is C14H22F2N2. The third-order valence-electron chi connectivity index (χ3n) is 3.23. The van der Waals surface area contributed by atoms with Gasteiger partial charge >= 0.3 is 0 Å². The molecule has 0 saturated heterocycles. The van der Waals surface area contributed by atoms with Crippen LogP contribution >= 0.6 is 0 Å². The molecule has 102 valence electrons. The quantitative estimate of drug-likeness (QED) is 0.847. The Labute approximate surface area is 108 Å². The number of nitrogens with zero attached hydrogens (tertiary/aromatic N) is 1. The van der Waals surface area contributed by atoms with Crippen molar-refractivity contribution in [1.82, 2.24) is 0 Å². The van der Waals surface area contributed by atoms with Crippen molar-refractivity contribution >= 4 is 5.69 Å². The normalized spacial score (nSPS) is 12.6. The number of nitrogens with two attached hydrogens (primary N) is 1. The van der Waals surface area contributed by atoms with Gasteiger partial charge < -0.3 is 10.6 Å². The second-order valence-corrected chi connectivity index (χ2v) is 4.70. The van der Waals surface area contributed by atoms with Crippen LogP contribution in [0.1, 0.15) is 32.3 Å². The molecule has 0 fully saturated rings. The van der Waals surface area contributed by atoms with Gasteiger partial charge in [-0.25, -0.2) is 8.78 Å². The fourth-order valence-electron chi connectivity index (χ4n) is 2.10. The fraction of sp³-hybridized carbons (Fsp3) is 0.571. The van der Waals surface area contributed by atoms with E-state index < -0.39 is 11.6 Å². The number of anilines is 1. The molecule has 0 bridgehead atoms. The average Bonchev–Trinajstić information content (AvgIpc) is 2.28. The Morgan fingerprint density at radius 1 is 1.28 bits per heavy atom. The van der Waals surface area contributed by atoms with Crippen LogP contribution in [-0.2, 0) is 6.42 Å². The first kappa shape index (κ1) is 14.9. The van der Waals surface area contributed by atoms with E-state index in [1.165, 1.54) is 12.1 Å². The maximum Gasteiger partial charge on any atom is 0.149 e. The molecule has 0 spiro atoms. The molecule has 1 atom stereocenters. The molecule has 0 aliphatic heterocycles. The van der Waals surface area contributed by atoms with Gasteiger partial charge in [-0.2, -0.15) is 0 Å². The topological polar surface area (TPSA) is 29.3 Å². The SMILES string of the molecule is CCCC(C)N(C)c1c(F)cc(CCN)cc1F. The molecule has 0 aliphatic rings. The fourth-order valence-corrected chi connectivity index (χ4v) is 2.10. The summed E-state index contributed by atoms with van der Waals surface area (Å²) in [6.07, 6.45) is 2.38. The molecule has 18 heavy (non-hydrogen) atoms. The maximum absolute atomic E-state index is 14.0. The van der Waals surface area contributed by atoms with Gasteiger partial charge in [0.15, 0.2) is 0 Å². The Morgan fingerprint density at radius 3 is 2.28 bits per heavy atom. The molecule has 0 aliphatic carbocycles. The second kappa shape index (κ2) is 6.69. The number of hydrogen-bond acceptors (Lipinski definition) is 2. The Morgan fingerprint density at radius 2 is 1.83 bits per heavy atom. The number of rotatable bonds is 6. The zero-order valence-corrected chi connectivity index (χ0v) is 11.3. The Balaban J connectivity index is 3.02. The van der Waals surface area contributed by atoms with Gasteiger partial charge in [0.1, 0.15) is 17.3 Å². The van der Waals surface area contributed by atoms with E-state index in [9.17, 15) is 8.78 Å². The zero-order chi connectivity index (χ0) is 13.7. The summed E-state index contributed by atoms with van der Waals surface area (Å²) in [5, 5.41) is 0. The van der Waals surface area contributed by atoms with Crippen LogP contribution in [0.4, 0.5) is 14.5 Å². The molecule has 0 aromatic heterocycles. The van der Waals surface area contributed by atoms with E-state index in [0.29, 0.717) is 18.5 Å². The number of halogens is 2. The van der Waals surface area contributed by atoms with Crippen LogP contribution in [0.3, 0.4) is 0 Å². The minimum Gasteiger partial charge on any atom is -0.367 e. The highest BCUT2D eigenvalue weighted by Gasteiger charge is 2.18. The van der Waals surface area contributed by atoms with Gasteiger partial charge in [-0.05, 0) is 44.0 Å². The second-order valence-electron chi connectivity index (χ2n) is 4.70. The van der Waals surface area contributed by atoms with E-state index >= 15 is 0 Å². The molecule has 1 rings (SSSR count). The predicted octanol–water partition coefficient (Wildman–Crippen LogP) is 3.09. The summed E-state index contributed by atoms with van der Waals surface area (Å²) in [4.78, 5) is 1.67. The molecule has 0 amide bonds. The summed E-state index contributed by atoms with van der Waals surface area (Å²) in [7, 11) is 1.73. The predicted molar refractivity (Wildman–Crippen MR) is 71.9 cm³/mol. The van der Waals surface area contributed by atoms with Crippen LogP contribution in [0, 0.1) is 11.6 Å². The molecule has 2 nitrogen and oxygen atoms in total. The van der Waals surface area contributed by atoms with Crippen molar-refractivity contribution in [2.45, 2.75) is 39.2 Å². The van der Waals surface area contributed by atoms with Crippen LogP contribution in [0.15, 0.2) is 12.1 Å². The number of benzene rings is 1. The van der Waals surface area contributed by atoms with Crippen molar-refractivity contribution in [1.29, 1.82) is 0 Å². The van der Waals surface area contributed by atoms with E-state index in [-0.39, 0.29) is 11.7 Å². The molecule has 4 heteroatoms. The smallest absolute Gasteiger partial charge is 0.149 e. The van der Waals surface area contributed by atoms with Gasteiger partial charge in [0.2, 0.25) is 0 Å². The van der Waals surface area contributed by atoms with Crippen molar-refractivity contribution in [2.24, 2.45) is 5.73 Å². The highest BCUT2D eigenvalue weighted by Crippen LogP contribution is 2.26. The molecule has 2 N–H and O–H groups in total. The first-order chi connectivity index (χ1) is 8.51. The Kier molecular flexibility index (Phi) is 5.54. The molecule has 0 saturated carbocycles. The molecule has 1 aromatic carbocycles. The Bertz CT molecular complexity index is 370. The minimum atomic E-state index is -0.510.